The van der Waals surface area contributed by atoms with Gasteiger partial charge in [0.05, 0.1) is 5.39 Å². The topological polar surface area (TPSA) is 87.6 Å². The number of halogens is 1. The lowest BCUT2D eigenvalue weighted by molar-refractivity contribution is 0.129. The average molecular weight is 442 g/mol. The first-order valence-electron chi connectivity index (χ1n) is 11.3. The van der Waals surface area contributed by atoms with Crippen molar-refractivity contribution in [2.24, 2.45) is 0 Å². The summed E-state index contributed by atoms with van der Waals surface area (Å²) in [7, 11) is 0. The number of nitrogens with zero attached hydrogens (tertiary/aromatic N) is 5. The van der Waals surface area contributed by atoms with E-state index in [4.69, 9.17) is 4.52 Å². The van der Waals surface area contributed by atoms with E-state index >= 15 is 0 Å². The van der Waals surface area contributed by atoms with Gasteiger partial charge in [0.15, 0.2) is 11.4 Å². The fraction of sp³-hybridized carbons (Fsp3) is 0.522. The predicted molar refractivity (Wildman–Crippen MR) is 118 cm³/mol. The largest absolute Gasteiger partial charge is 0.385 e. The van der Waals surface area contributed by atoms with Crippen molar-refractivity contribution in [1.82, 2.24) is 19.6 Å². The predicted octanol–water partition coefficient (Wildman–Crippen LogP) is 2.41. The van der Waals surface area contributed by atoms with E-state index in [-0.39, 0.29) is 11.4 Å². The highest BCUT2D eigenvalue weighted by Crippen LogP contribution is 2.27. The molecule has 2 aromatic heterocycles. The van der Waals surface area contributed by atoms with E-state index in [0.29, 0.717) is 30.8 Å². The molecule has 8 nitrogen and oxygen atoms in total. The third-order valence-electron chi connectivity index (χ3n) is 6.64. The Hall–Kier alpha value is -2.78. The van der Waals surface area contributed by atoms with E-state index < -0.39 is 6.10 Å². The quantitative estimate of drug-likeness (QED) is 0.651. The second-order valence-corrected chi connectivity index (χ2v) is 8.73. The van der Waals surface area contributed by atoms with E-state index in [1.165, 1.54) is 12.1 Å². The maximum atomic E-state index is 13.4. The zero-order chi connectivity index (χ0) is 22.2. The summed E-state index contributed by atoms with van der Waals surface area (Å²) in [6, 6.07) is 4.51. The van der Waals surface area contributed by atoms with Gasteiger partial charge in [0.2, 0.25) is 0 Å². The lowest BCUT2D eigenvalue weighted by Gasteiger charge is -2.34. The normalized spacial score (nSPS) is 19.5. The summed E-state index contributed by atoms with van der Waals surface area (Å²) < 4.78 is 20.3. The number of hydrogen-bond acceptors (Lipinski definition) is 7. The van der Waals surface area contributed by atoms with Crippen LogP contribution in [-0.2, 0) is 13.0 Å². The average Bonchev–Trinajstić information content (AvgIpc) is 3.20. The van der Waals surface area contributed by atoms with Gasteiger partial charge >= 0.3 is 0 Å². The van der Waals surface area contributed by atoms with E-state index in [2.05, 4.69) is 19.9 Å². The Morgan fingerprint density at radius 3 is 2.84 bits per heavy atom. The molecule has 1 aromatic carbocycles. The Balaban J connectivity index is 1.18. The number of piperazine rings is 1. The fourth-order valence-electron chi connectivity index (χ4n) is 4.84. The molecule has 1 fully saturated rings. The molecular formula is C23H28FN5O3. The van der Waals surface area contributed by atoms with Gasteiger partial charge < -0.3 is 14.5 Å². The van der Waals surface area contributed by atoms with Gasteiger partial charge in [-0.15, -0.1) is 0 Å². The highest BCUT2D eigenvalue weighted by atomic mass is 19.1. The molecule has 32 heavy (non-hydrogen) atoms. The van der Waals surface area contributed by atoms with Gasteiger partial charge in [0.25, 0.3) is 5.56 Å². The molecule has 3 aromatic rings. The first-order valence-corrected chi connectivity index (χ1v) is 11.3. The number of aliphatic hydroxyl groups is 1. The van der Waals surface area contributed by atoms with Crippen molar-refractivity contribution in [2.75, 3.05) is 37.6 Å². The first kappa shape index (κ1) is 21.1. The minimum atomic E-state index is -0.638. The number of benzene rings is 1. The molecule has 1 saturated heterocycles. The molecule has 0 spiro atoms. The lowest BCUT2D eigenvalue weighted by atomic mass is 10.1. The molecule has 1 unspecified atom stereocenters. The van der Waals surface area contributed by atoms with Gasteiger partial charge in [-0.05, 0) is 51.3 Å². The fourth-order valence-corrected chi connectivity index (χ4v) is 4.84. The summed E-state index contributed by atoms with van der Waals surface area (Å²) in [5.41, 5.74) is 1.98. The molecule has 1 atom stereocenters. The van der Waals surface area contributed by atoms with Crippen molar-refractivity contribution in [2.45, 2.75) is 45.3 Å². The summed E-state index contributed by atoms with van der Waals surface area (Å²) >= 11 is 0. The number of fused-ring (bicyclic) bond motifs is 2. The first-order chi connectivity index (χ1) is 15.5. The Morgan fingerprint density at radius 1 is 1.22 bits per heavy atom. The molecule has 0 bridgehead atoms. The number of aliphatic hydroxyl groups excluding tert-OH is 1. The molecule has 0 saturated carbocycles. The molecule has 9 heteroatoms. The number of hydrogen-bond donors (Lipinski definition) is 1. The Morgan fingerprint density at radius 2 is 2.03 bits per heavy atom. The second kappa shape index (κ2) is 8.63. The van der Waals surface area contributed by atoms with Crippen molar-refractivity contribution in [3.8, 4) is 0 Å². The van der Waals surface area contributed by atoms with Gasteiger partial charge in [0.1, 0.15) is 17.7 Å². The van der Waals surface area contributed by atoms with Gasteiger partial charge in [-0.3, -0.25) is 14.3 Å². The minimum Gasteiger partial charge on any atom is -0.385 e. The molecule has 4 heterocycles. The summed E-state index contributed by atoms with van der Waals surface area (Å²) in [6.45, 7) is 6.83. The smallest absolute Gasteiger partial charge is 0.257 e. The Labute approximate surface area is 185 Å². The molecule has 0 amide bonds. The molecule has 0 aliphatic carbocycles. The third kappa shape index (κ3) is 3.91. The molecule has 170 valence electrons. The van der Waals surface area contributed by atoms with Crippen molar-refractivity contribution in [3.63, 3.8) is 0 Å². The minimum absolute atomic E-state index is 0.00502. The molecule has 2 aliphatic heterocycles. The van der Waals surface area contributed by atoms with Gasteiger partial charge in [-0.25, -0.2) is 9.37 Å². The maximum Gasteiger partial charge on any atom is 0.257 e. The van der Waals surface area contributed by atoms with E-state index in [9.17, 15) is 14.3 Å². The van der Waals surface area contributed by atoms with Crippen LogP contribution >= 0.6 is 0 Å². The Bertz CT molecular complexity index is 1180. The van der Waals surface area contributed by atoms with Crippen molar-refractivity contribution >= 4 is 16.8 Å². The molecule has 2 aliphatic rings. The van der Waals surface area contributed by atoms with Crippen LogP contribution in [0.15, 0.2) is 27.5 Å². The van der Waals surface area contributed by atoms with Crippen LogP contribution in [0.4, 0.5) is 10.2 Å². The van der Waals surface area contributed by atoms with E-state index in [0.717, 1.165) is 68.0 Å². The second-order valence-electron chi connectivity index (χ2n) is 8.73. The van der Waals surface area contributed by atoms with Crippen molar-refractivity contribution in [1.29, 1.82) is 0 Å². The molecule has 5 rings (SSSR count). The molecular weight excluding hydrogens is 413 g/mol. The van der Waals surface area contributed by atoms with Crippen LogP contribution in [0.3, 0.4) is 0 Å². The standard InChI is InChI=1S/C23H28FN5O3/c1-15-17(23(31)29-9-3-5-19(30)22(29)25-15)4-2-8-27-10-12-28(13-11-27)21-18-7-6-16(24)14-20(18)32-26-21/h6-7,14,19,30H,2-5,8-13H2,1H3. The van der Waals surface area contributed by atoms with Crippen LogP contribution in [0.5, 0.6) is 0 Å². The molecule has 0 radical (unpaired) electrons. The van der Waals surface area contributed by atoms with Gasteiger partial charge in [0, 0.05) is 50.0 Å². The summed E-state index contributed by atoms with van der Waals surface area (Å²) in [4.78, 5) is 22.0. The van der Waals surface area contributed by atoms with Crippen LogP contribution in [0.1, 0.15) is 42.4 Å². The van der Waals surface area contributed by atoms with Crippen LogP contribution in [0.2, 0.25) is 0 Å². The van der Waals surface area contributed by atoms with E-state index in [1.807, 2.05) is 6.92 Å². The summed E-state index contributed by atoms with van der Waals surface area (Å²) in [6.07, 6.45) is 2.40. The number of aromatic nitrogens is 3. The zero-order valence-corrected chi connectivity index (χ0v) is 18.3. The van der Waals surface area contributed by atoms with Crippen molar-refractivity contribution < 1.29 is 14.0 Å². The number of aryl methyl sites for hydroxylation is 1. The number of anilines is 1. The van der Waals surface area contributed by atoms with Crippen LogP contribution < -0.4 is 10.5 Å². The summed E-state index contributed by atoms with van der Waals surface area (Å²) in [5.74, 6) is 0.956. The monoisotopic (exact) mass is 441 g/mol. The highest BCUT2D eigenvalue weighted by molar-refractivity contribution is 5.88. The zero-order valence-electron chi connectivity index (χ0n) is 18.3. The lowest BCUT2D eigenvalue weighted by Crippen LogP contribution is -2.47. The molecule has 1 N–H and O–H groups in total. The Kier molecular flexibility index (Phi) is 5.69. The van der Waals surface area contributed by atoms with Crippen LogP contribution in [0, 0.1) is 12.7 Å². The van der Waals surface area contributed by atoms with Gasteiger partial charge in [-0.1, -0.05) is 5.16 Å². The van der Waals surface area contributed by atoms with Crippen LogP contribution in [-0.4, -0.2) is 57.4 Å². The SMILES string of the molecule is Cc1nc2n(c(=O)c1CCCN1CCN(c3noc4cc(F)ccc34)CC1)CCCC2O. The van der Waals surface area contributed by atoms with Gasteiger partial charge in [-0.2, -0.15) is 0 Å². The maximum absolute atomic E-state index is 13.4. The third-order valence-corrected chi connectivity index (χ3v) is 6.64. The number of rotatable bonds is 5. The highest BCUT2D eigenvalue weighted by Gasteiger charge is 2.24. The van der Waals surface area contributed by atoms with Crippen LogP contribution in [0.25, 0.3) is 11.0 Å². The van der Waals surface area contributed by atoms with Crippen molar-refractivity contribution in [3.05, 3.63) is 51.5 Å². The summed E-state index contributed by atoms with van der Waals surface area (Å²) in [5, 5.41) is 15.1. The van der Waals surface area contributed by atoms with E-state index in [1.54, 1.807) is 10.6 Å².